The summed E-state index contributed by atoms with van der Waals surface area (Å²) in [5.74, 6) is 0.00435. The van der Waals surface area contributed by atoms with E-state index in [0.717, 1.165) is 23.7 Å². The fourth-order valence-electron chi connectivity index (χ4n) is 1.88. The van der Waals surface area contributed by atoms with Crippen LogP contribution in [0.1, 0.15) is 29.6 Å². The summed E-state index contributed by atoms with van der Waals surface area (Å²) in [6, 6.07) is 5.32. The second-order valence-corrected chi connectivity index (χ2v) is 4.87. The normalized spacial score (nSPS) is 20.7. The number of ether oxygens (including phenoxy) is 1. The molecule has 1 saturated heterocycles. The van der Waals surface area contributed by atoms with Crippen LogP contribution in [0.2, 0.25) is 0 Å². The van der Waals surface area contributed by atoms with Gasteiger partial charge in [0.2, 0.25) is 0 Å². The summed E-state index contributed by atoms with van der Waals surface area (Å²) in [5.41, 5.74) is 6.90. The fourth-order valence-corrected chi connectivity index (χ4v) is 2.26. The Morgan fingerprint density at radius 1 is 1.44 bits per heavy atom. The van der Waals surface area contributed by atoms with Crippen molar-refractivity contribution in [3.8, 4) is 0 Å². The van der Waals surface area contributed by atoms with Gasteiger partial charge in [-0.15, -0.1) is 0 Å². The number of halogens is 1. The molecule has 2 N–H and O–H groups in total. The largest absolute Gasteiger partial charge is 0.398 e. The summed E-state index contributed by atoms with van der Waals surface area (Å²) < 4.78 is 6.34. The Morgan fingerprint density at radius 2 is 2.25 bits per heavy atom. The standard InChI is InChI=1S/C12H14BrNO2/c13-8-4-5-9(10(14)7-8)12(15)11-3-1-2-6-16-11/h4-5,7,11H,1-3,6,14H2. The van der Waals surface area contributed by atoms with Crippen molar-refractivity contribution in [1.29, 1.82) is 0 Å². The Kier molecular flexibility index (Phi) is 3.61. The Labute approximate surface area is 103 Å². The summed E-state index contributed by atoms with van der Waals surface area (Å²) in [7, 11) is 0. The van der Waals surface area contributed by atoms with Crippen LogP contribution in [-0.4, -0.2) is 18.5 Å². The predicted molar refractivity (Wildman–Crippen MR) is 66.5 cm³/mol. The van der Waals surface area contributed by atoms with Crippen molar-refractivity contribution in [3.63, 3.8) is 0 Å². The molecule has 0 radical (unpaired) electrons. The Hall–Kier alpha value is -0.870. The number of carbonyl (C=O) groups is 1. The second kappa shape index (κ2) is 4.97. The molecule has 0 aromatic heterocycles. The van der Waals surface area contributed by atoms with Crippen molar-refractivity contribution in [2.45, 2.75) is 25.4 Å². The molecule has 1 unspecified atom stereocenters. The number of Topliss-reactive ketones (excluding diaryl/α,β-unsaturated/α-hetero) is 1. The van der Waals surface area contributed by atoms with Gasteiger partial charge in [-0.05, 0) is 37.5 Å². The van der Waals surface area contributed by atoms with Crippen molar-refractivity contribution >= 4 is 27.4 Å². The van der Waals surface area contributed by atoms with E-state index >= 15 is 0 Å². The van der Waals surface area contributed by atoms with E-state index in [1.165, 1.54) is 0 Å². The average molecular weight is 284 g/mol. The number of rotatable bonds is 2. The van der Waals surface area contributed by atoms with Gasteiger partial charge in [0.25, 0.3) is 0 Å². The minimum Gasteiger partial charge on any atom is -0.398 e. The second-order valence-electron chi connectivity index (χ2n) is 3.95. The molecule has 16 heavy (non-hydrogen) atoms. The third-order valence-electron chi connectivity index (χ3n) is 2.75. The van der Waals surface area contributed by atoms with Crippen molar-refractivity contribution in [2.24, 2.45) is 0 Å². The predicted octanol–water partition coefficient (Wildman–Crippen LogP) is 2.78. The lowest BCUT2D eigenvalue weighted by atomic mass is 9.99. The fraction of sp³-hybridized carbons (Fsp3) is 0.417. The smallest absolute Gasteiger partial charge is 0.193 e. The molecule has 4 heteroatoms. The lowest BCUT2D eigenvalue weighted by Crippen LogP contribution is -2.28. The van der Waals surface area contributed by atoms with Crippen LogP contribution in [0.3, 0.4) is 0 Å². The zero-order chi connectivity index (χ0) is 11.5. The van der Waals surface area contributed by atoms with Crippen LogP contribution in [-0.2, 0) is 4.74 Å². The molecule has 1 heterocycles. The van der Waals surface area contributed by atoms with Gasteiger partial charge in [-0.25, -0.2) is 0 Å². The molecule has 1 aromatic rings. The minimum atomic E-state index is -0.308. The molecule has 0 amide bonds. The van der Waals surface area contributed by atoms with E-state index in [-0.39, 0.29) is 11.9 Å². The van der Waals surface area contributed by atoms with E-state index in [0.29, 0.717) is 17.9 Å². The molecule has 3 nitrogen and oxygen atoms in total. The van der Waals surface area contributed by atoms with Gasteiger partial charge in [0.1, 0.15) is 6.10 Å². The zero-order valence-corrected chi connectivity index (χ0v) is 10.5. The van der Waals surface area contributed by atoms with Crippen LogP contribution < -0.4 is 5.73 Å². The maximum atomic E-state index is 12.1. The van der Waals surface area contributed by atoms with E-state index in [1.807, 2.05) is 6.07 Å². The van der Waals surface area contributed by atoms with Gasteiger partial charge in [-0.1, -0.05) is 15.9 Å². The molecule has 1 aromatic carbocycles. The molecule has 0 saturated carbocycles. The van der Waals surface area contributed by atoms with Crippen LogP contribution in [0.4, 0.5) is 5.69 Å². The highest BCUT2D eigenvalue weighted by molar-refractivity contribution is 9.10. The zero-order valence-electron chi connectivity index (χ0n) is 8.91. The molecule has 2 rings (SSSR count). The molecule has 1 fully saturated rings. The SMILES string of the molecule is Nc1cc(Br)ccc1C(=O)C1CCCCO1. The summed E-state index contributed by atoms with van der Waals surface area (Å²) in [4.78, 5) is 12.1. The molecule has 0 spiro atoms. The van der Waals surface area contributed by atoms with Gasteiger partial charge in [-0.3, -0.25) is 4.79 Å². The number of ketones is 1. The maximum Gasteiger partial charge on any atom is 0.193 e. The van der Waals surface area contributed by atoms with Gasteiger partial charge in [0.15, 0.2) is 5.78 Å². The molecule has 1 atom stereocenters. The first kappa shape index (κ1) is 11.6. The Morgan fingerprint density at radius 3 is 2.88 bits per heavy atom. The molecule has 1 aliphatic heterocycles. The van der Waals surface area contributed by atoms with Crippen LogP contribution in [0, 0.1) is 0 Å². The van der Waals surface area contributed by atoms with Crippen molar-refractivity contribution in [2.75, 3.05) is 12.3 Å². The third-order valence-corrected chi connectivity index (χ3v) is 3.24. The van der Waals surface area contributed by atoms with E-state index < -0.39 is 0 Å². The highest BCUT2D eigenvalue weighted by Crippen LogP contribution is 2.23. The van der Waals surface area contributed by atoms with Gasteiger partial charge in [-0.2, -0.15) is 0 Å². The first-order chi connectivity index (χ1) is 7.68. The van der Waals surface area contributed by atoms with E-state index in [9.17, 15) is 4.79 Å². The van der Waals surface area contributed by atoms with Crippen LogP contribution in [0.5, 0.6) is 0 Å². The number of hydrogen-bond acceptors (Lipinski definition) is 3. The minimum absolute atomic E-state index is 0.00435. The first-order valence-electron chi connectivity index (χ1n) is 5.39. The van der Waals surface area contributed by atoms with Crippen molar-refractivity contribution in [1.82, 2.24) is 0 Å². The number of carbonyl (C=O) groups excluding carboxylic acids is 1. The Balaban J connectivity index is 2.19. The van der Waals surface area contributed by atoms with Gasteiger partial charge in [0.05, 0.1) is 0 Å². The number of hydrogen-bond donors (Lipinski definition) is 1. The summed E-state index contributed by atoms with van der Waals surface area (Å²) >= 11 is 3.32. The molecule has 0 bridgehead atoms. The maximum absolute atomic E-state index is 12.1. The van der Waals surface area contributed by atoms with Crippen LogP contribution in [0.15, 0.2) is 22.7 Å². The number of anilines is 1. The average Bonchev–Trinajstić information content (AvgIpc) is 2.29. The highest BCUT2D eigenvalue weighted by atomic mass is 79.9. The molecule has 1 aliphatic rings. The van der Waals surface area contributed by atoms with Gasteiger partial charge < -0.3 is 10.5 Å². The molecular formula is C12H14BrNO2. The van der Waals surface area contributed by atoms with E-state index in [1.54, 1.807) is 12.1 Å². The lowest BCUT2D eigenvalue weighted by molar-refractivity contribution is 0.0187. The molecule has 86 valence electrons. The first-order valence-corrected chi connectivity index (χ1v) is 6.18. The lowest BCUT2D eigenvalue weighted by Gasteiger charge is -2.21. The molecular weight excluding hydrogens is 270 g/mol. The summed E-state index contributed by atoms with van der Waals surface area (Å²) in [6.07, 6.45) is 2.58. The van der Waals surface area contributed by atoms with Gasteiger partial charge >= 0.3 is 0 Å². The Bertz CT molecular complexity index is 400. The van der Waals surface area contributed by atoms with E-state index in [4.69, 9.17) is 10.5 Å². The number of nitrogens with two attached hydrogens (primary N) is 1. The third kappa shape index (κ3) is 2.44. The quantitative estimate of drug-likeness (QED) is 0.671. The highest BCUT2D eigenvalue weighted by Gasteiger charge is 2.24. The van der Waals surface area contributed by atoms with Crippen LogP contribution in [0.25, 0.3) is 0 Å². The van der Waals surface area contributed by atoms with Crippen LogP contribution >= 0.6 is 15.9 Å². The number of benzene rings is 1. The van der Waals surface area contributed by atoms with Crippen molar-refractivity contribution < 1.29 is 9.53 Å². The van der Waals surface area contributed by atoms with Crippen molar-refractivity contribution in [3.05, 3.63) is 28.2 Å². The van der Waals surface area contributed by atoms with Gasteiger partial charge in [0, 0.05) is 22.3 Å². The summed E-state index contributed by atoms with van der Waals surface area (Å²) in [6.45, 7) is 0.673. The molecule has 0 aliphatic carbocycles. The summed E-state index contributed by atoms with van der Waals surface area (Å²) in [5, 5.41) is 0. The number of nitrogen functional groups attached to an aromatic ring is 1. The van der Waals surface area contributed by atoms with E-state index in [2.05, 4.69) is 15.9 Å². The topological polar surface area (TPSA) is 52.3 Å². The monoisotopic (exact) mass is 283 g/mol.